The average Bonchev–Trinajstić information content (AvgIpc) is 3.61. The quantitative estimate of drug-likeness (QED) is 0.174. The Morgan fingerprint density at radius 2 is 1.63 bits per heavy atom. The van der Waals surface area contributed by atoms with Gasteiger partial charge in [-0.2, -0.15) is 5.10 Å². The molecule has 0 aliphatic heterocycles. The second kappa shape index (κ2) is 12.2. The molecular formula is C35H31FN4O2S. The molecule has 6 nitrogen and oxygen atoms in total. The Bertz CT molecular complexity index is 1940. The molecule has 0 aliphatic rings. The van der Waals surface area contributed by atoms with Crippen LogP contribution in [0.25, 0.3) is 33.0 Å². The number of hydrogen-bond donors (Lipinski definition) is 0. The van der Waals surface area contributed by atoms with Crippen LogP contribution in [-0.2, 0) is 26.6 Å². The second-order valence-corrected chi connectivity index (χ2v) is 11.7. The van der Waals surface area contributed by atoms with E-state index in [4.69, 9.17) is 9.72 Å². The Labute approximate surface area is 253 Å². The number of nitrogens with zero attached hydrogens (tertiary/aromatic N) is 4. The zero-order valence-electron chi connectivity index (χ0n) is 24.3. The first-order valence-electron chi connectivity index (χ1n) is 14.1. The van der Waals surface area contributed by atoms with Crippen molar-refractivity contribution in [2.75, 3.05) is 0 Å². The lowest BCUT2D eigenvalue weighted by Crippen LogP contribution is -2.27. The fraction of sp³-hybridized carbons (Fsp3) is 0.171. The zero-order chi connectivity index (χ0) is 29.9. The minimum absolute atomic E-state index is 0.0738. The van der Waals surface area contributed by atoms with Crippen LogP contribution in [0.15, 0.2) is 102 Å². The molecule has 0 fully saturated rings. The lowest BCUT2D eigenvalue weighted by molar-refractivity contribution is 0.291. The van der Waals surface area contributed by atoms with Gasteiger partial charge in [0.05, 0.1) is 23.0 Å². The Morgan fingerprint density at radius 1 is 0.907 bits per heavy atom. The average molecular weight is 591 g/mol. The number of aryl methyl sites for hydroxylation is 4. The van der Waals surface area contributed by atoms with E-state index in [0.29, 0.717) is 35.6 Å². The number of benzene rings is 3. The van der Waals surface area contributed by atoms with Gasteiger partial charge in [0, 0.05) is 35.1 Å². The van der Waals surface area contributed by atoms with Crippen LogP contribution in [-0.4, -0.2) is 19.3 Å². The van der Waals surface area contributed by atoms with Crippen molar-refractivity contribution in [2.24, 2.45) is 7.05 Å². The third-order valence-electron chi connectivity index (χ3n) is 7.43. The molecule has 0 atom stereocenters. The SMILES string of the molecule is Cc1nc(-c2cccc(F)c2OCc2ccccc2)n(CCc2ccccc2)c(=O)c1-c1cc(-c2cnn(C)c2)c(C)s1. The van der Waals surface area contributed by atoms with E-state index in [1.807, 2.05) is 100 Å². The van der Waals surface area contributed by atoms with Crippen LogP contribution >= 0.6 is 11.3 Å². The van der Waals surface area contributed by atoms with Crippen LogP contribution in [0.4, 0.5) is 4.39 Å². The van der Waals surface area contributed by atoms with Crippen molar-refractivity contribution >= 4 is 11.3 Å². The second-order valence-electron chi connectivity index (χ2n) is 10.5. The van der Waals surface area contributed by atoms with Crippen molar-refractivity contribution in [1.82, 2.24) is 19.3 Å². The van der Waals surface area contributed by atoms with Gasteiger partial charge in [0.25, 0.3) is 5.56 Å². The summed E-state index contributed by atoms with van der Waals surface area (Å²) in [5, 5.41) is 4.31. The molecule has 0 saturated heterocycles. The minimum atomic E-state index is -0.506. The van der Waals surface area contributed by atoms with Crippen molar-refractivity contribution in [3.63, 3.8) is 0 Å². The molecule has 0 unspecified atom stereocenters. The molecule has 0 spiro atoms. The fourth-order valence-corrected chi connectivity index (χ4v) is 6.39. The molecule has 0 radical (unpaired) electrons. The van der Waals surface area contributed by atoms with Crippen molar-refractivity contribution in [3.05, 3.63) is 135 Å². The topological polar surface area (TPSA) is 61.9 Å². The van der Waals surface area contributed by atoms with E-state index in [1.165, 1.54) is 6.07 Å². The van der Waals surface area contributed by atoms with Crippen LogP contribution in [0.2, 0.25) is 0 Å². The van der Waals surface area contributed by atoms with Gasteiger partial charge in [0.1, 0.15) is 12.4 Å². The van der Waals surface area contributed by atoms with Crippen LogP contribution < -0.4 is 10.3 Å². The van der Waals surface area contributed by atoms with Crippen LogP contribution in [0.1, 0.15) is 21.7 Å². The standard InChI is InChI=1S/C35H31FN4O2S/c1-23-32(31-19-29(24(2)43-31)27-20-37-39(3)21-27)35(41)40(18-17-25-11-6-4-7-12-25)34(38-23)28-15-10-16-30(36)33(28)42-22-26-13-8-5-9-14-26/h4-16,19-21H,17-18,22H2,1-3H3. The Morgan fingerprint density at radius 3 is 2.33 bits per heavy atom. The summed E-state index contributed by atoms with van der Waals surface area (Å²) >= 11 is 1.56. The molecule has 43 heavy (non-hydrogen) atoms. The predicted molar refractivity (Wildman–Crippen MR) is 170 cm³/mol. The number of halogens is 1. The molecule has 216 valence electrons. The van der Waals surface area contributed by atoms with E-state index in [1.54, 1.807) is 32.7 Å². The summed E-state index contributed by atoms with van der Waals surface area (Å²) < 4.78 is 24.8. The van der Waals surface area contributed by atoms with Crippen molar-refractivity contribution in [2.45, 2.75) is 33.4 Å². The molecule has 0 saturated carbocycles. The van der Waals surface area contributed by atoms with Gasteiger partial charge in [0.15, 0.2) is 11.6 Å². The van der Waals surface area contributed by atoms with Crippen molar-refractivity contribution in [1.29, 1.82) is 0 Å². The van der Waals surface area contributed by atoms with E-state index < -0.39 is 5.82 Å². The number of hydrogen-bond acceptors (Lipinski definition) is 5. The first-order valence-corrected chi connectivity index (χ1v) is 14.9. The summed E-state index contributed by atoms with van der Waals surface area (Å²) in [6.07, 6.45) is 4.40. The number of aromatic nitrogens is 4. The molecule has 8 heteroatoms. The summed E-state index contributed by atoms with van der Waals surface area (Å²) in [4.78, 5) is 21.3. The molecule has 3 aromatic carbocycles. The third-order valence-corrected chi connectivity index (χ3v) is 8.50. The van der Waals surface area contributed by atoms with Gasteiger partial charge in [-0.25, -0.2) is 9.37 Å². The van der Waals surface area contributed by atoms with Crippen LogP contribution in [0.5, 0.6) is 5.75 Å². The maximum Gasteiger partial charge on any atom is 0.262 e. The predicted octanol–water partition coefficient (Wildman–Crippen LogP) is 7.62. The van der Waals surface area contributed by atoms with E-state index in [-0.39, 0.29) is 17.9 Å². The van der Waals surface area contributed by atoms with Crippen LogP contribution in [0.3, 0.4) is 0 Å². The van der Waals surface area contributed by atoms with Gasteiger partial charge in [-0.1, -0.05) is 66.7 Å². The van der Waals surface area contributed by atoms with E-state index in [9.17, 15) is 4.79 Å². The molecule has 0 N–H and O–H groups in total. The third kappa shape index (κ3) is 5.92. The van der Waals surface area contributed by atoms with Gasteiger partial charge in [0.2, 0.25) is 0 Å². The molecule has 0 amide bonds. The van der Waals surface area contributed by atoms with Gasteiger partial charge < -0.3 is 4.74 Å². The van der Waals surface area contributed by atoms with Crippen LogP contribution in [0, 0.1) is 19.7 Å². The van der Waals surface area contributed by atoms with E-state index in [0.717, 1.165) is 32.0 Å². The maximum atomic E-state index is 15.3. The largest absolute Gasteiger partial charge is 0.485 e. The highest BCUT2D eigenvalue weighted by Gasteiger charge is 2.23. The number of ether oxygens (including phenoxy) is 1. The van der Waals surface area contributed by atoms with Gasteiger partial charge in [-0.15, -0.1) is 11.3 Å². The summed E-state index contributed by atoms with van der Waals surface area (Å²) in [7, 11) is 1.88. The molecule has 3 aromatic heterocycles. The number of rotatable bonds is 9. The summed E-state index contributed by atoms with van der Waals surface area (Å²) in [6.45, 7) is 4.44. The Hall–Kier alpha value is -4.82. The summed E-state index contributed by atoms with van der Waals surface area (Å²) in [6, 6.07) is 26.4. The number of para-hydroxylation sites is 1. The van der Waals surface area contributed by atoms with Crippen molar-refractivity contribution < 1.29 is 9.13 Å². The highest BCUT2D eigenvalue weighted by Crippen LogP contribution is 2.38. The lowest BCUT2D eigenvalue weighted by atomic mass is 10.1. The maximum absolute atomic E-state index is 15.3. The Balaban J connectivity index is 1.47. The van der Waals surface area contributed by atoms with Gasteiger partial charge >= 0.3 is 0 Å². The molecule has 0 bridgehead atoms. The first kappa shape index (κ1) is 28.3. The lowest BCUT2D eigenvalue weighted by Gasteiger charge is -2.18. The smallest absolute Gasteiger partial charge is 0.262 e. The first-order chi connectivity index (χ1) is 20.9. The number of thiophene rings is 1. The molecule has 3 heterocycles. The highest BCUT2D eigenvalue weighted by molar-refractivity contribution is 7.16. The normalized spacial score (nSPS) is 11.2. The molecule has 0 aliphatic carbocycles. The van der Waals surface area contributed by atoms with Crippen molar-refractivity contribution in [3.8, 4) is 38.7 Å². The van der Waals surface area contributed by atoms with E-state index in [2.05, 4.69) is 5.10 Å². The van der Waals surface area contributed by atoms with E-state index >= 15 is 4.39 Å². The van der Waals surface area contributed by atoms with Gasteiger partial charge in [-0.05, 0) is 55.2 Å². The minimum Gasteiger partial charge on any atom is -0.485 e. The monoisotopic (exact) mass is 590 g/mol. The molecule has 6 rings (SSSR count). The molecule has 6 aromatic rings. The summed E-state index contributed by atoms with van der Waals surface area (Å²) in [5.41, 5.74) is 5.42. The van der Waals surface area contributed by atoms with Gasteiger partial charge in [-0.3, -0.25) is 14.0 Å². The highest BCUT2D eigenvalue weighted by atomic mass is 32.1. The Kier molecular flexibility index (Phi) is 8.03. The summed E-state index contributed by atoms with van der Waals surface area (Å²) in [5.74, 6) is -0.0517. The zero-order valence-corrected chi connectivity index (χ0v) is 25.1. The fourth-order valence-electron chi connectivity index (χ4n) is 5.26. The molecular weight excluding hydrogens is 559 g/mol.